The SMILES string of the molecule is CCSC1(CNC(=NC)NC2C3CCOC3C2(C)C)CCOCC1.I. The van der Waals surface area contributed by atoms with Crippen LogP contribution in [-0.4, -0.2) is 62.0 Å². The molecule has 146 valence electrons. The molecule has 0 aromatic heterocycles. The standard InChI is InChI=1S/C18H33N3O2S.HI/c1-5-24-18(7-10-22-11-8-18)12-20-16(19-4)21-14-13-6-9-23-15(13)17(14,2)3;/h13-15H,5-12H2,1-4H3,(H2,19,20,21);1H. The van der Waals surface area contributed by atoms with Gasteiger partial charge in [0.15, 0.2) is 5.96 Å². The van der Waals surface area contributed by atoms with Crippen LogP contribution in [0.4, 0.5) is 0 Å². The Bertz CT molecular complexity index is 464. The fourth-order valence-electron chi connectivity index (χ4n) is 4.63. The van der Waals surface area contributed by atoms with Gasteiger partial charge in [-0.1, -0.05) is 20.8 Å². The van der Waals surface area contributed by atoms with Gasteiger partial charge in [0.25, 0.3) is 0 Å². The summed E-state index contributed by atoms with van der Waals surface area (Å²) in [6, 6.07) is 0.445. The molecule has 0 spiro atoms. The first-order chi connectivity index (χ1) is 11.5. The van der Waals surface area contributed by atoms with Crippen LogP contribution >= 0.6 is 35.7 Å². The second-order valence-electron chi connectivity index (χ2n) is 7.84. The van der Waals surface area contributed by atoms with Crippen molar-refractivity contribution < 1.29 is 9.47 Å². The molecule has 0 bridgehead atoms. The number of ether oxygens (including phenoxy) is 2. The highest BCUT2D eigenvalue weighted by atomic mass is 127. The first-order valence-electron chi connectivity index (χ1n) is 9.33. The van der Waals surface area contributed by atoms with Crippen LogP contribution in [0.5, 0.6) is 0 Å². The van der Waals surface area contributed by atoms with Crippen LogP contribution in [0.2, 0.25) is 0 Å². The van der Waals surface area contributed by atoms with E-state index in [4.69, 9.17) is 9.47 Å². The predicted octanol–water partition coefficient (Wildman–Crippen LogP) is 2.89. The third kappa shape index (κ3) is 4.41. The summed E-state index contributed by atoms with van der Waals surface area (Å²) in [4.78, 5) is 4.48. The number of rotatable bonds is 5. The van der Waals surface area contributed by atoms with E-state index >= 15 is 0 Å². The zero-order chi connectivity index (χ0) is 17.2. The van der Waals surface area contributed by atoms with Gasteiger partial charge in [0.2, 0.25) is 0 Å². The van der Waals surface area contributed by atoms with E-state index in [1.165, 1.54) is 0 Å². The Kier molecular flexibility index (Phi) is 7.74. The van der Waals surface area contributed by atoms with Gasteiger partial charge in [-0.25, -0.2) is 0 Å². The number of thioether (sulfide) groups is 1. The molecule has 0 amide bonds. The molecule has 1 saturated carbocycles. The molecule has 3 unspecified atom stereocenters. The monoisotopic (exact) mass is 483 g/mol. The molecule has 0 radical (unpaired) electrons. The molecule has 0 aromatic carbocycles. The fraction of sp³-hybridized carbons (Fsp3) is 0.944. The van der Waals surface area contributed by atoms with E-state index < -0.39 is 0 Å². The third-order valence-corrected chi connectivity index (χ3v) is 7.50. The van der Waals surface area contributed by atoms with Crippen LogP contribution in [0.3, 0.4) is 0 Å². The maximum absolute atomic E-state index is 5.90. The van der Waals surface area contributed by atoms with E-state index in [2.05, 4.69) is 48.2 Å². The first kappa shape index (κ1) is 21.6. The molecule has 1 aliphatic carbocycles. The molecule has 3 atom stereocenters. The Labute approximate surface area is 173 Å². The molecule has 25 heavy (non-hydrogen) atoms. The Morgan fingerprint density at radius 2 is 1.96 bits per heavy atom. The number of halogens is 1. The van der Waals surface area contributed by atoms with Crippen LogP contribution in [0.25, 0.3) is 0 Å². The van der Waals surface area contributed by atoms with Crippen molar-refractivity contribution >= 4 is 41.7 Å². The predicted molar refractivity (Wildman–Crippen MR) is 116 cm³/mol. The highest BCUT2D eigenvalue weighted by molar-refractivity contribution is 14.0. The molecule has 2 N–H and O–H groups in total. The smallest absolute Gasteiger partial charge is 0.191 e. The molecule has 2 aliphatic heterocycles. The largest absolute Gasteiger partial charge is 0.381 e. The zero-order valence-corrected chi connectivity index (χ0v) is 19.1. The van der Waals surface area contributed by atoms with Gasteiger partial charge < -0.3 is 20.1 Å². The molecular formula is C18H34IN3O2S. The Balaban J connectivity index is 0.00000225. The van der Waals surface area contributed by atoms with Crippen LogP contribution < -0.4 is 10.6 Å². The Hall–Kier alpha value is 0.270. The van der Waals surface area contributed by atoms with Gasteiger partial charge in [-0.15, -0.1) is 24.0 Å². The minimum Gasteiger partial charge on any atom is -0.381 e. The molecule has 2 heterocycles. The third-order valence-electron chi connectivity index (χ3n) is 6.05. The van der Waals surface area contributed by atoms with Gasteiger partial charge in [-0.3, -0.25) is 4.99 Å². The van der Waals surface area contributed by atoms with Gasteiger partial charge in [0, 0.05) is 55.5 Å². The molecule has 3 rings (SSSR count). The zero-order valence-electron chi connectivity index (χ0n) is 16.0. The minimum absolute atomic E-state index is 0. The van der Waals surface area contributed by atoms with Crippen molar-refractivity contribution in [1.29, 1.82) is 0 Å². The van der Waals surface area contributed by atoms with Crippen molar-refractivity contribution in [2.75, 3.05) is 39.2 Å². The van der Waals surface area contributed by atoms with E-state index in [1.54, 1.807) is 0 Å². The maximum atomic E-state index is 5.90. The summed E-state index contributed by atoms with van der Waals surface area (Å²) in [5, 5.41) is 7.29. The summed E-state index contributed by atoms with van der Waals surface area (Å²) >= 11 is 2.06. The summed E-state index contributed by atoms with van der Waals surface area (Å²) in [7, 11) is 1.87. The normalized spacial score (nSPS) is 33.0. The molecular weight excluding hydrogens is 449 g/mol. The highest BCUT2D eigenvalue weighted by Crippen LogP contribution is 2.52. The van der Waals surface area contributed by atoms with Crippen LogP contribution in [0.1, 0.15) is 40.0 Å². The number of nitrogens with one attached hydrogen (secondary N) is 2. The summed E-state index contributed by atoms with van der Waals surface area (Å²) < 4.78 is 11.7. The van der Waals surface area contributed by atoms with E-state index in [0.717, 1.165) is 57.3 Å². The summed E-state index contributed by atoms with van der Waals surface area (Å²) in [6.07, 6.45) is 3.80. The number of aliphatic imine (C=N–C) groups is 1. The van der Waals surface area contributed by atoms with Gasteiger partial charge >= 0.3 is 0 Å². The van der Waals surface area contributed by atoms with Crippen molar-refractivity contribution in [3.05, 3.63) is 0 Å². The Morgan fingerprint density at radius 1 is 1.24 bits per heavy atom. The van der Waals surface area contributed by atoms with E-state index in [9.17, 15) is 0 Å². The summed E-state index contributed by atoms with van der Waals surface area (Å²) in [5.41, 5.74) is 0.174. The van der Waals surface area contributed by atoms with E-state index in [-0.39, 0.29) is 34.1 Å². The molecule has 3 aliphatic rings. The number of hydrogen-bond donors (Lipinski definition) is 2. The van der Waals surface area contributed by atoms with Crippen molar-refractivity contribution in [1.82, 2.24) is 10.6 Å². The van der Waals surface area contributed by atoms with Gasteiger partial charge in [-0.2, -0.15) is 11.8 Å². The average molecular weight is 483 g/mol. The second kappa shape index (κ2) is 8.97. The molecule has 2 saturated heterocycles. The van der Waals surface area contributed by atoms with Crippen molar-refractivity contribution in [2.45, 2.75) is 56.9 Å². The molecule has 0 aromatic rings. The average Bonchev–Trinajstić information content (AvgIpc) is 3.03. The lowest BCUT2D eigenvalue weighted by atomic mass is 9.57. The Morgan fingerprint density at radius 3 is 2.60 bits per heavy atom. The second-order valence-corrected chi connectivity index (χ2v) is 9.57. The van der Waals surface area contributed by atoms with E-state index in [1.807, 2.05) is 7.05 Å². The quantitative estimate of drug-likeness (QED) is 0.358. The van der Waals surface area contributed by atoms with Crippen molar-refractivity contribution in [2.24, 2.45) is 16.3 Å². The lowest BCUT2D eigenvalue weighted by Crippen LogP contribution is -2.68. The molecule has 7 heteroatoms. The lowest BCUT2D eigenvalue weighted by molar-refractivity contribution is -0.106. The van der Waals surface area contributed by atoms with E-state index in [0.29, 0.717) is 18.1 Å². The molecule has 5 nitrogen and oxygen atoms in total. The first-order valence-corrected chi connectivity index (χ1v) is 10.3. The van der Waals surface area contributed by atoms with Gasteiger partial charge in [-0.05, 0) is 25.0 Å². The summed E-state index contributed by atoms with van der Waals surface area (Å²) in [6.45, 7) is 10.4. The maximum Gasteiger partial charge on any atom is 0.191 e. The number of nitrogens with zero attached hydrogens (tertiary/aromatic N) is 1. The van der Waals surface area contributed by atoms with Gasteiger partial charge in [0.05, 0.1) is 6.10 Å². The summed E-state index contributed by atoms with van der Waals surface area (Å²) in [5.74, 6) is 2.70. The lowest BCUT2D eigenvalue weighted by Gasteiger charge is -2.55. The number of guanidine groups is 1. The van der Waals surface area contributed by atoms with Crippen LogP contribution in [0, 0.1) is 11.3 Å². The van der Waals surface area contributed by atoms with Crippen LogP contribution in [-0.2, 0) is 9.47 Å². The van der Waals surface area contributed by atoms with Crippen molar-refractivity contribution in [3.63, 3.8) is 0 Å². The van der Waals surface area contributed by atoms with Crippen LogP contribution in [0.15, 0.2) is 4.99 Å². The molecule has 3 fully saturated rings. The number of fused-ring (bicyclic) bond motifs is 1. The fourth-order valence-corrected chi connectivity index (χ4v) is 5.87. The van der Waals surface area contributed by atoms with Gasteiger partial charge in [0.1, 0.15) is 0 Å². The topological polar surface area (TPSA) is 54.9 Å². The van der Waals surface area contributed by atoms with Crippen molar-refractivity contribution in [3.8, 4) is 0 Å². The number of hydrogen-bond acceptors (Lipinski definition) is 4. The minimum atomic E-state index is 0. The highest BCUT2D eigenvalue weighted by Gasteiger charge is 2.59.